The van der Waals surface area contributed by atoms with Gasteiger partial charge in [0.15, 0.2) is 17.2 Å². The Morgan fingerprint density at radius 1 is 0.525 bits per heavy atom. The molecule has 0 radical (unpaired) electrons. The van der Waals surface area contributed by atoms with Crippen molar-refractivity contribution in [2.24, 2.45) is 0 Å². The minimum Gasteiger partial charge on any atom is -0.382 e. The Labute approximate surface area is 253 Å². The predicted molar refractivity (Wildman–Crippen MR) is 172 cm³/mol. The van der Waals surface area contributed by atoms with Crippen LogP contribution in [-0.2, 0) is 9.59 Å². The molecule has 0 heterocycles. The normalized spacial score (nSPS) is 13.8. The molecule has 0 saturated carbocycles. The summed E-state index contributed by atoms with van der Waals surface area (Å²) < 4.78 is 0. The van der Waals surface area contributed by atoms with Crippen LogP contribution < -0.4 is 0 Å². The molecule has 0 aromatic carbocycles. The Morgan fingerprint density at radius 2 is 0.800 bits per heavy atom. The largest absolute Gasteiger partial charge is 0.382 e. The van der Waals surface area contributed by atoms with E-state index in [1.165, 1.54) is 128 Å². The molecule has 2 unspecified atom stereocenters. The summed E-state index contributed by atoms with van der Waals surface area (Å²) >= 11 is 5.90. The van der Waals surface area contributed by atoms with Crippen LogP contribution in [0.2, 0.25) is 0 Å². The number of Topliss-reactive ketones (excluding diaryl/α,β-unsaturated/α-hetero) is 2. The molecule has 5 heteroatoms. The number of aliphatic hydroxyl groups excluding tert-OH is 1. The fourth-order valence-corrected chi connectivity index (χ4v) is 5.84. The first-order valence-corrected chi connectivity index (χ1v) is 18.0. The first-order valence-electron chi connectivity index (χ1n) is 17.5. The number of unbranched alkanes of at least 4 members (excludes halogenated alkanes) is 24. The quantitative estimate of drug-likeness (QED) is 0.0607. The first kappa shape index (κ1) is 39.5. The smallest absolute Gasteiger partial charge is 0.169 e. The maximum Gasteiger partial charge on any atom is 0.169 e. The van der Waals surface area contributed by atoms with Crippen LogP contribution in [0, 0.1) is 0 Å². The second-order valence-electron chi connectivity index (χ2n) is 12.3. The lowest BCUT2D eigenvalue weighted by Gasteiger charge is -2.28. The third-order valence-corrected chi connectivity index (χ3v) is 8.89. The van der Waals surface area contributed by atoms with Gasteiger partial charge in [-0.1, -0.05) is 168 Å². The van der Waals surface area contributed by atoms with Crippen LogP contribution in [0.3, 0.4) is 0 Å². The van der Waals surface area contributed by atoms with Gasteiger partial charge < -0.3 is 10.2 Å². The highest BCUT2D eigenvalue weighted by Gasteiger charge is 2.45. The summed E-state index contributed by atoms with van der Waals surface area (Å²) in [5, 5.41) is 21.3. The Hall–Kier alpha value is -0.450. The highest BCUT2D eigenvalue weighted by Crippen LogP contribution is 2.22. The molecule has 40 heavy (non-hydrogen) atoms. The summed E-state index contributed by atoms with van der Waals surface area (Å²) in [7, 11) is 0. The van der Waals surface area contributed by atoms with Gasteiger partial charge >= 0.3 is 0 Å². The third kappa shape index (κ3) is 21.3. The van der Waals surface area contributed by atoms with Crippen LogP contribution in [0.4, 0.5) is 0 Å². The number of hydrogen-bond donors (Lipinski definition) is 2. The number of rotatable bonds is 32. The lowest BCUT2D eigenvalue weighted by atomic mass is 9.86. The molecule has 0 aromatic heterocycles. The van der Waals surface area contributed by atoms with Gasteiger partial charge in [0.1, 0.15) is 6.10 Å². The van der Waals surface area contributed by atoms with E-state index >= 15 is 0 Å². The molecule has 0 bridgehead atoms. The Morgan fingerprint density at radius 3 is 1.10 bits per heavy atom. The standard InChI is InChI=1S/C35H67ClO4/c1-3-5-7-9-11-13-15-17-19-21-23-25-27-29-32(37)34(39)35(40,31-36)33(38)30-28-26-24-22-20-18-16-14-12-10-8-6-4-2/h34,39-40H,3-31H2,1-2H3. The first-order chi connectivity index (χ1) is 19.4. The fraction of sp³-hybridized carbons (Fsp3) is 0.943. The van der Waals surface area contributed by atoms with Gasteiger partial charge in [0, 0.05) is 12.8 Å². The molecule has 0 spiro atoms. The van der Waals surface area contributed by atoms with Crippen molar-refractivity contribution < 1.29 is 19.8 Å². The Balaban J connectivity index is 3.86. The van der Waals surface area contributed by atoms with E-state index < -0.39 is 29.2 Å². The van der Waals surface area contributed by atoms with Crippen molar-refractivity contribution in [3.8, 4) is 0 Å². The summed E-state index contributed by atoms with van der Waals surface area (Å²) in [6, 6.07) is 0. The zero-order chi connectivity index (χ0) is 29.7. The van der Waals surface area contributed by atoms with Crippen LogP contribution in [0.1, 0.15) is 194 Å². The highest BCUT2D eigenvalue weighted by atomic mass is 35.5. The van der Waals surface area contributed by atoms with Crippen LogP contribution in [0.15, 0.2) is 0 Å². The monoisotopic (exact) mass is 586 g/mol. The van der Waals surface area contributed by atoms with E-state index in [2.05, 4.69) is 13.8 Å². The van der Waals surface area contributed by atoms with Crippen molar-refractivity contribution in [2.45, 2.75) is 205 Å². The number of carbonyl (C=O) groups excluding carboxylic acids is 2. The molecule has 0 aliphatic heterocycles. The minimum absolute atomic E-state index is 0.157. The molecular weight excluding hydrogens is 520 g/mol. The van der Waals surface area contributed by atoms with Crippen molar-refractivity contribution in [1.29, 1.82) is 0 Å². The predicted octanol–water partition coefficient (Wildman–Crippen LogP) is 10.4. The second-order valence-corrected chi connectivity index (χ2v) is 12.6. The fourth-order valence-electron chi connectivity index (χ4n) is 5.54. The lowest BCUT2D eigenvalue weighted by molar-refractivity contribution is -0.156. The summed E-state index contributed by atoms with van der Waals surface area (Å²) in [6.45, 7) is 4.50. The third-order valence-electron chi connectivity index (χ3n) is 8.48. The maximum atomic E-state index is 12.7. The average molecular weight is 587 g/mol. The molecule has 0 fully saturated rings. The van der Waals surface area contributed by atoms with Crippen molar-refractivity contribution in [3.63, 3.8) is 0 Å². The van der Waals surface area contributed by atoms with Crippen molar-refractivity contribution in [3.05, 3.63) is 0 Å². The van der Waals surface area contributed by atoms with Gasteiger partial charge in [0.25, 0.3) is 0 Å². The van der Waals surface area contributed by atoms with E-state index in [-0.39, 0.29) is 12.8 Å². The van der Waals surface area contributed by atoms with E-state index in [4.69, 9.17) is 11.6 Å². The summed E-state index contributed by atoms with van der Waals surface area (Å²) in [6.07, 6.45) is 30.2. The van der Waals surface area contributed by atoms with E-state index in [0.717, 1.165) is 25.7 Å². The molecule has 0 amide bonds. The van der Waals surface area contributed by atoms with E-state index in [1.807, 2.05) is 0 Å². The van der Waals surface area contributed by atoms with Gasteiger partial charge in [-0.2, -0.15) is 0 Å². The molecule has 0 rings (SSSR count). The molecule has 2 N–H and O–H groups in total. The zero-order valence-corrected chi connectivity index (χ0v) is 27.4. The van der Waals surface area contributed by atoms with Crippen LogP contribution in [0.25, 0.3) is 0 Å². The number of alkyl halides is 1. The van der Waals surface area contributed by atoms with Gasteiger partial charge in [0.2, 0.25) is 0 Å². The molecule has 0 aliphatic carbocycles. The van der Waals surface area contributed by atoms with Gasteiger partial charge in [-0.05, 0) is 12.8 Å². The number of ketones is 2. The van der Waals surface area contributed by atoms with Crippen LogP contribution in [0.5, 0.6) is 0 Å². The van der Waals surface area contributed by atoms with E-state index in [0.29, 0.717) is 12.8 Å². The summed E-state index contributed by atoms with van der Waals surface area (Å²) in [5.41, 5.74) is -2.16. The Kier molecular flexibility index (Phi) is 28.3. The van der Waals surface area contributed by atoms with Gasteiger partial charge in [-0.3, -0.25) is 9.59 Å². The number of halogens is 1. The lowest BCUT2D eigenvalue weighted by Crippen LogP contribution is -2.54. The van der Waals surface area contributed by atoms with Gasteiger partial charge in [0.05, 0.1) is 5.88 Å². The van der Waals surface area contributed by atoms with Crippen molar-refractivity contribution in [2.75, 3.05) is 5.88 Å². The number of carbonyl (C=O) groups is 2. The van der Waals surface area contributed by atoms with Crippen LogP contribution in [-0.4, -0.2) is 39.4 Å². The van der Waals surface area contributed by atoms with E-state index in [9.17, 15) is 19.8 Å². The molecule has 0 aromatic rings. The van der Waals surface area contributed by atoms with Crippen LogP contribution >= 0.6 is 11.6 Å². The van der Waals surface area contributed by atoms with Crippen molar-refractivity contribution >= 4 is 23.2 Å². The Bertz CT molecular complexity index is 582. The average Bonchev–Trinajstić information content (AvgIpc) is 2.96. The molecule has 2 atom stereocenters. The highest BCUT2D eigenvalue weighted by molar-refractivity contribution is 6.21. The number of hydrogen-bond acceptors (Lipinski definition) is 4. The summed E-state index contributed by atoms with van der Waals surface area (Å²) in [4.78, 5) is 25.2. The van der Waals surface area contributed by atoms with Crippen molar-refractivity contribution in [1.82, 2.24) is 0 Å². The maximum absolute atomic E-state index is 12.7. The molecule has 0 aliphatic rings. The molecule has 238 valence electrons. The van der Waals surface area contributed by atoms with Gasteiger partial charge in [-0.15, -0.1) is 11.6 Å². The number of aliphatic hydroxyl groups is 2. The minimum atomic E-state index is -2.16. The van der Waals surface area contributed by atoms with E-state index in [1.54, 1.807) is 0 Å². The molecule has 4 nitrogen and oxygen atoms in total. The molecular formula is C35H67ClO4. The van der Waals surface area contributed by atoms with Gasteiger partial charge in [-0.25, -0.2) is 0 Å². The molecule has 0 saturated heterocycles. The second kappa shape index (κ2) is 28.7. The zero-order valence-electron chi connectivity index (χ0n) is 26.7. The SMILES string of the molecule is CCCCCCCCCCCCCCCC(=O)C(O)C(O)(CCl)C(=O)CCCCCCCCCCCCCCC. The summed E-state index contributed by atoms with van der Waals surface area (Å²) in [5.74, 6) is -1.42. The topological polar surface area (TPSA) is 74.6 Å².